The van der Waals surface area contributed by atoms with Crippen LogP contribution in [0.5, 0.6) is 0 Å². The highest BCUT2D eigenvalue weighted by Crippen LogP contribution is 2.30. The van der Waals surface area contributed by atoms with E-state index in [-0.39, 0.29) is 23.9 Å². The quantitative estimate of drug-likeness (QED) is 0.308. The largest absolute Gasteiger partial charge is 0.361 e. The summed E-state index contributed by atoms with van der Waals surface area (Å²) in [7, 11) is 0. The number of aryl methyl sites for hydroxylation is 1. The van der Waals surface area contributed by atoms with Crippen molar-refractivity contribution in [1.82, 2.24) is 25.5 Å². The summed E-state index contributed by atoms with van der Waals surface area (Å²) in [4.78, 5) is 36.0. The lowest BCUT2D eigenvalue weighted by molar-refractivity contribution is 0.0951. The van der Waals surface area contributed by atoms with Gasteiger partial charge in [-0.3, -0.25) is 9.78 Å². The van der Waals surface area contributed by atoms with Gasteiger partial charge in [0.15, 0.2) is 0 Å². The van der Waals surface area contributed by atoms with Gasteiger partial charge in [-0.05, 0) is 62.4 Å². The number of H-pyrrole nitrogens is 1. The van der Waals surface area contributed by atoms with Gasteiger partial charge in [-0.2, -0.15) is 0 Å². The third-order valence-electron chi connectivity index (χ3n) is 7.47. The molecule has 0 spiro atoms. The Kier molecular flexibility index (Phi) is 7.73. The molecule has 38 heavy (non-hydrogen) atoms. The zero-order valence-electron chi connectivity index (χ0n) is 22.0. The maximum absolute atomic E-state index is 13.2. The molecule has 0 bridgehead atoms. The molecular weight excluding hydrogens is 474 g/mol. The van der Waals surface area contributed by atoms with Crippen LogP contribution >= 0.6 is 0 Å². The number of aromatic amines is 1. The van der Waals surface area contributed by atoms with Crippen LogP contribution in [0.2, 0.25) is 0 Å². The van der Waals surface area contributed by atoms with Crippen molar-refractivity contribution in [3.05, 3.63) is 101 Å². The van der Waals surface area contributed by atoms with E-state index in [1.807, 2.05) is 79.5 Å². The highest BCUT2D eigenvalue weighted by Gasteiger charge is 2.28. The normalized spacial score (nSPS) is 14.8. The van der Waals surface area contributed by atoms with Crippen molar-refractivity contribution in [1.29, 1.82) is 0 Å². The van der Waals surface area contributed by atoms with E-state index < -0.39 is 0 Å². The molecule has 0 saturated carbocycles. The first-order valence-electron chi connectivity index (χ1n) is 13.4. The van der Waals surface area contributed by atoms with E-state index >= 15 is 0 Å². The van der Waals surface area contributed by atoms with E-state index in [0.29, 0.717) is 25.2 Å². The number of fused-ring (bicyclic) bond motifs is 1. The zero-order valence-corrected chi connectivity index (χ0v) is 22.0. The topological polar surface area (TPSA) is 90.1 Å². The van der Waals surface area contributed by atoms with Crippen LogP contribution in [0.15, 0.2) is 72.9 Å². The molecule has 3 amide bonds. The lowest BCUT2D eigenvalue weighted by atomic mass is 9.90. The highest BCUT2D eigenvalue weighted by molar-refractivity contribution is 5.95. The van der Waals surface area contributed by atoms with E-state index in [1.165, 1.54) is 10.9 Å². The first kappa shape index (κ1) is 25.5. The summed E-state index contributed by atoms with van der Waals surface area (Å²) in [5.41, 5.74) is 5.75. The van der Waals surface area contributed by atoms with Gasteiger partial charge in [0.05, 0.1) is 17.3 Å². The van der Waals surface area contributed by atoms with Crippen molar-refractivity contribution in [2.24, 2.45) is 0 Å². The van der Waals surface area contributed by atoms with E-state index in [0.717, 1.165) is 41.7 Å². The lowest BCUT2D eigenvalue weighted by Gasteiger charge is -2.33. The molecule has 1 atom stereocenters. The van der Waals surface area contributed by atoms with Gasteiger partial charge in [0.25, 0.3) is 5.91 Å². The van der Waals surface area contributed by atoms with Crippen molar-refractivity contribution >= 4 is 22.8 Å². The molecule has 196 valence electrons. The number of amides is 3. The molecule has 5 rings (SSSR count). The Morgan fingerprint density at radius 2 is 1.76 bits per heavy atom. The average molecular weight is 510 g/mol. The zero-order chi connectivity index (χ0) is 26.5. The molecule has 4 aromatic rings. The Morgan fingerprint density at radius 1 is 1.03 bits per heavy atom. The fourth-order valence-corrected chi connectivity index (χ4v) is 5.28. The van der Waals surface area contributed by atoms with Crippen LogP contribution in [0.3, 0.4) is 0 Å². The molecular formula is C31H35N5O2. The first-order valence-corrected chi connectivity index (χ1v) is 13.4. The Bertz CT molecular complexity index is 1410. The van der Waals surface area contributed by atoms with Gasteiger partial charge in [-0.25, -0.2) is 4.79 Å². The number of hydrogen-bond donors (Lipinski definition) is 3. The van der Waals surface area contributed by atoms with E-state index in [2.05, 4.69) is 27.8 Å². The van der Waals surface area contributed by atoms with Gasteiger partial charge in [-0.1, -0.05) is 48.5 Å². The number of carbonyl (C=O) groups is 2. The number of hydrogen-bond acceptors (Lipinski definition) is 3. The minimum Gasteiger partial charge on any atom is -0.361 e. The van der Waals surface area contributed by atoms with Crippen molar-refractivity contribution < 1.29 is 9.59 Å². The summed E-state index contributed by atoms with van der Waals surface area (Å²) in [6, 6.07) is 21.8. The maximum atomic E-state index is 13.2. The summed E-state index contributed by atoms with van der Waals surface area (Å²) >= 11 is 0. The van der Waals surface area contributed by atoms with Crippen molar-refractivity contribution in [2.45, 2.75) is 45.1 Å². The molecule has 7 nitrogen and oxygen atoms in total. The number of nitrogens with one attached hydrogen (secondary N) is 3. The molecule has 1 fully saturated rings. The van der Waals surface area contributed by atoms with Crippen LogP contribution in [0.1, 0.15) is 64.6 Å². The summed E-state index contributed by atoms with van der Waals surface area (Å²) in [5, 5.41) is 7.40. The van der Waals surface area contributed by atoms with Crippen LogP contribution in [-0.2, 0) is 6.42 Å². The smallest absolute Gasteiger partial charge is 0.317 e. The second kappa shape index (κ2) is 11.5. The van der Waals surface area contributed by atoms with Crippen LogP contribution in [0.4, 0.5) is 4.79 Å². The first-order chi connectivity index (χ1) is 18.5. The predicted octanol–water partition coefficient (Wildman–Crippen LogP) is 5.49. The van der Waals surface area contributed by atoms with E-state index in [1.54, 1.807) is 0 Å². The lowest BCUT2D eigenvalue weighted by Crippen LogP contribution is -2.45. The number of likely N-dealkylation sites (tertiary alicyclic amines) is 1. The standard InChI is InChI=1S/C31H35N5O2/c1-21-12-13-27(30(37)32-17-14-25-20-33-28-11-7-6-10-26(25)28)29(34-21)24-15-18-36(19-16-24)31(38)35-22(2)23-8-4-3-5-9-23/h3-13,20,22,24,33H,14-19H2,1-2H3,(H,32,37)(H,35,38). The second-order valence-corrected chi connectivity index (χ2v) is 10.1. The Labute approximate surface area is 223 Å². The molecule has 3 heterocycles. The second-order valence-electron chi connectivity index (χ2n) is 10.1. The molecule has 1 aliphatic rings. The Balaban J connectivity index is 1.18. The van der Waals surface area contributed by atoms with Crippen LogP contribution in [0.25, 0.3) is 10.9 Å². The number of benzene rings is 2. The monoisotopic (exact) mass is 509 g/mol. The average Bonchev–Trinajstić information content (AvgIpc) is 3.36. The molecule has 2 aromatic heterocycles. The van der Waals surface area contributed by atoms with Crippen LogP contribution < -0.4 is 10.6 Å². The molecule has 2 aromatic carbocycles. The minimum absolute atomic E-state index is 0.0488. The van der Waals surface area contributed by atoms with Crippen molar-refractivity contribution in [3.63, 3.8) is 0 Å². The van der Waals surface area contributed by atoms with Gasteiger partial charge in [0, 0.05) is 48.3 Å². The molecule has 0 aliphatic carbocycles. The van der Waals surface area contributed by atoms with Gasteiger partial charge in [0.2, 0.25) is 0 Å². The van der Waals surface area contributed by atoms with Gasteiger partial charge >= 0.3 is 6.03 Å². The number of rotatable bonds is 7. The number of aromatic nitrogens is 2. The van der Waals surface area contributed by atoms with Gasteiger partial charge in [0.1, 0.15) is 0 Å². The molecule has 0 radical (unpaired) electrons. The van der Waals surface area contributed by atoms with Crippen molar-refractivity contribution in [3.8, 4) is 0 Å². The third-order valence-corrected chi connectivity index (χ3v) is 7.47. The van der Waals surface area contributed by atoms with Crippen LogP contribution in [-0.4, -0.2) is 46.4 Å². The van der Waals surface area contributed by atoms with Crippen molar-refractivity contribution in [2.75, 3.05) is 19.6 Å². The van der Waals surface area contributed by atoms with Gasteiger partial charge in [-0.15, -0.1) is 0 Å². The number of carbonyl (C=O) groups excluding carboxylic acids is 2. The van der Waals surface area contributed by atoms with E-state index in [9.17, 15) is 9.59 Å². The third kappa shape index (κ3) is 5.72. The Morgan fingerprint density at radius 3 is 2.55 bits per heavy atom. The molecule has 1 aliphatic heterocycles. The minimum atomic E-state index is -0.0933. The molecule has 7 heteroatoms. The predicted molar refractivity (Wildman–Crippen MR) is 150 cm³/mol. The number of piperidine rings is 1. The number of nitrogens with zero attached hydrogens (tertiary/aromatic N) is 2. The van der Waals surface area contributed by atoms with E-state index in [4.69, 9.17) is 4.98 Å². The summed E-state index contributed by atoms with van der Waals surface area (Å²) in [6.45, 7) is 5.77. The number of pyridine rings is 1. The summed E-state index contributed by atoms with van der Waals surface area (Å²) in [5.74, 6) is 0.0454. The summed E-state index contributed by atoms with van der Waals surface area (Å²) in [6.07, 6.45) is 4.32. The molecule has 1 unspecified atom stereocenters. The molecule has 3 N–H and O–H groups in total. The SMILES string of the molecule is Cc1ccc(C(=O)NCCc2c[nH]c3ccccc23)c(C2CCN(C(=O)NC(C)c3ccccc3)CC2)n1. The Hall–Kier alpha value is -4.13. The van der Waals surface area contributed by atoms with Gasteiger partial charge < -0.3 is 20.5 Å². The number of urea groups is 1. The highest BCUT2D eigenvalue weighted by atomic mass is 16.2. The number of para-hydroxylation sites is 1. The molecule has 1 saturated heterocycles. The van der Waals surface area contributed by atoms with Crippen LogP contribution in [0, 0.1) is 6.92 Å². The maximum Gasteiger partial charge on any atom is 0.317 e. The fourth-order valence-electron chi connectivity index (χ4n) is 5.28. The summed E-state index contributed by atoms with van der Waals surface area (Å²) < 4.78 is 0. The fraction of sp³-hybridized carbons (Fsp3) is 0.323.